The van der Waals surface area contributed by atoms with Crippen LogP contribution in [0, 0.1) is 0 Å². The van der Waals surface area contributed by atoms with Crippen molar-refractivity contribution < 1.29 is 0 Å². The van der Waals surface area contributed by atoms with Crippen LogP contribution in [-0.4, -0.2) is 29.8 Å². The Morgan fingerprint density at radius 1 is 1.14 bits per heavy atom. The Balaban J connectivity index is 1.57. The molecule has 0 amide bonds. The minimum absolute atomic E-state index is 0.411. The van der Waals surface area contributed by atoms with Gasteiger partial charge in [0.2, 0.25) is 0 Å². The van der Waals surface area contributed by atoms with Crippen molar-refractivity contribution in [2.45, 2.75) is 18.3 Å². The summed E-state index contributed by atoms with van der Waals surface area (Å²) in [6.45, 7) is 0. The number of benzene rings is 1. The molecular weight excluding hydrogens is 264 g/mol. The number of fused-ring (bicyclic) bond motifs is 3. The SMILES string of the molecule is c1ccc([C@@H]2C[C@H]2c2nc3c4cn[nH]c4ncn3n2)cc1. The molecule has 3 heterocycles. The van der Waals surface area contributed by atoms with Gasteiger partial charge in [-0.2, -0.15) is 5.10 Å². The lowest BCUT2D eigenvalue weighted by Crippen LogP contribution is -1.91. The van der Waals surface area contributed by atoms with Gasteiger partial charge >= 0.3 is 0 Å². The summed E-state index contributed by atoms with van der Waals surface area (Å²) in [5, 5.41) is 12.4. The number of nitrogens with zero attached hydrogens (tertiary/aromatic N) is 5. The summed E-state index contributed by atoms with van der Waals surface area (Å²) in [4.78, 5) is 8.98. The minimum atomic E-state index is 0.411. The van der Waals surface area contributed by atoms with Crippen molar-refractivity contribution in [3.05, 3.63) is 54.2 Å². The van der Waals surface area contributed by atoms with Crippen molar-refractivity contribution in [2.75, 3.05) is 0 Å². The van der Waals surface area contributed by atoms with Crippen LogP contribution in [-0.2, 0) is 0 Å². The van der Waals surface area contributed by atoms with E-state index in [9.17, 15) is 0 Å². The van der Waals surface area contributed by atoms with E-state index in [-0.39, 0.29) is 0 Å². The molecular formula is C15H12N6. The van der Waals surface area contributed by atoms with Gasteiger partial charge in [0, 0.05) is 5.92 Å². The number of aromatic nitrogens is 6. The molecule has 5 rings (SSSR count). The Morgan fingerprint density at radius 3 is 2.95 bits per heavy atom. The van der Waals surface area contributed by atoms with E-state index >= 15 is 0 Å². The molecule has 1 aliphatic rings. The van der Waals surface area contributed by atoms with Crippen molar-refractivity contribution >= 4 is 16.7 Å². The lowest BCUT2D eigenvalue weighted by Gasteiger charge is -1.96. The fraction of sp³-hybridized carbons (Fsp3) is 0.200. The van der Waals surface area contributed by atoms with E-state index in [0.717, 1.165) is 28.9 Å². The van der Waals surface area contributed by atoms with Crippen LogP contribution in [0.5, 0.6) is 0 Å². The molecule has 0 saturated heterocycles. The molecule has 1 fully saturated rings. The highest BCUT2D eigenvalue weighted by molar-refractivity contribution is 5.87. The van der Waals surface area contributed by atoms with E-state index in [1.807, 2.05) is 6.07 Å². The monoisotopic (exact) mass is 276 g/mol. The fourth-order valence-corrected chi connectivity index (χ4v) is 2.96. The molecule has 1 N–H and O–H groups in total. The van der Waals surface area contributed by atoms with Crippen LogP contribution in [0.15, 0.2) is 42.9 Å². The van der Waals surface area contributed by atoms with Crippen molar-refractivity contribution in [3.8, 4) is 0 Å². The van der Waals surface area contributed by atoms with Gasteiger partial charge in [-0.1, -0.05) is 30.3 Å². The summed E-state index contributed by atoms with van der Waals surface area (Å²) >= 11 is 0. The minimum Gasteiger partial charge on any atom is -0.261 e. The van der Waals surface area contributed by atoms with E-state index in [1.54, 1.807) is 17.0 Å². The molecule has 0 spiro atoms. The topological polar surface area (TPSA) is 71.8 Å². The van der Waals surface area contributed by atoms with E-state index in [0.29, 0.717) is 11.8 Å². The van der Waals surface area contributed by atoms with Gasteiger partial charge in [0.25, 0.3) is 0 Å². The third kappa shape index (κ3) is 1.59. The van der Waals surface area contributed by atoms with E-state index in [4.69, 9.17) is 4.98 Å². The second-order valence-electron chi connectivity index (χ2n) is 5.47. The Hall–Kier alpha value is -2.76. The number of H-pyrrole nitrogens is 1. The zero-order chi connectivity index (χ0) is 13.8. The van der Waals surface area contributed by atoms with Crippen molar-refractivity contribution in [3.63, 3.8) is 0 Å². The summed E-state index contributed by atoms with van der Waals surface area (Å²) in [7, 11) is 0. The molecule has 0 bridgehead atoms. The standard InChI is InChI=1S/C15H12N6/c1-2-4-9(5-3-1)10-6-11(10)14-18-15-12-7-17-19-13(12)16-8-21(15)20-14/h1-5,7-8,10-11H,6H2,(H,17,19)/t10-,11+/m0/s1. The maximum atomic E-state index is 4.70. The normalized spacial score (nSPS) is 21.1. The van der Waals surface area contributed by atoms with E-state index in [2.05, 4.69) is 44.5 Å². The molecule has 4 aromatic rings. The molecule has 1 aliphatic carbocycles. The summed E-state index contributed by atoms with van der Waals surface area (Å²) < 4.78 is 1.74. The maximum Gasteiger partial charge on any atom is 0.170 e. The van der Waals surface area contributed by atoms with Crippen molar-refractivity contribution in [1.82, 2.24) is 29.8 Å². The molecule has 6 heteroatoms. The third-order valence-electron chi connectivity index (χ3n) is 4.15. The predicted octanol–water partition coefficient (Wildman–Crippen LogP) is 2.27. The fourth-order valence-electron chi connectivity index (χ4n) is 2.96. The molecule has 0 aliphatic heterocycles. The van der Waals surface area contributed by atoms with Gasteiger partial charge in [-0.3, -0.25) is 5.10 Å². The smallest absolute Gasteiger partial charge is 0.170 e. The average Bonchev–Trinajstić information content (AvgIpc) is 2.98. The van der Waals surface area contributed by atoms with Gasteiger partial charge < -0.3 is 0 Å². The zero-order valence-corrected chi connectivity index (χ0v) is 11.1. The largest absolute Gasteiger partial charge is 0.261 e. The van der Waals surface area contributed by atoms with Gasteiger partial charge in [0.05, 0.1) is 11.6 Å². The van der Waals surface area contributed by atoms with Crippen molar-refractivity contribution in [1.29, 1.82) is 0 Å². The summed E-state index contributed by atoms with van der Waals surface area (Å²) in [6, 6.07) is 10.6. The Morgan fingerprint density at radius 2 is 2.05 bits per heavy atom. The lowest BCUT2D eigenvalue weighted by molar-refractivity contribution is 0.849. The van der Waals surface area contributed by atoms with Crippen LogP contribution >= 0.6 is 0 Å². The van der Waals surface area contributed by atoms with Gasteiger partial charge in [-0.05, 0) is 17.9 Å². The van der Waals surface area contributed by atoms with E-state index in [1.165, 1.54) is 5.56 Å². The first kappa shape index (κ1) is 11.0. The molecule has 1 aromatic carbocycles. The highest BCUT2D eigenvalue weighted by atomic mass is 15.3. The second kappa shape index (κ2) is 3.88. The molecule has 102 valence electrons. The van der Waals surface area contributed by atoms with Crippen LogP contribution in [0.2, 0.25) is 0 Å². The number of nitrogens with one attached hydrogen (secondary N) is 1. The lowest BCUT2D eigenvalue weighted by atomic mass is 10.1. The van der Waals surface area contributed by atoms with Gasteiger partial charge in [-0.25, -0.2) is 14.5 Å². The number of hydrogen-bond donors (Lipinski definition) is 1. The molecule has 1 saturated carbocycles. The summed E-state index contributed by atoms with van der Waals surface area (Å²) in [5.74, 6) is 1.85. The molecule has 2 atom stereocenters. The van der Waals surface area contributed by atoms with Gasteiger partial charge in [0.15, 0.2) is 17.1 Å². The number of hydrogen-bond acceptors (Lipinski definition) is 4. The van der Waals surface area contributed by atoms with Crippen molar-refractivity contribution in [2.24, 2.45) is 0 Å². The van der Waals surface area contributed by atoms with Gasteiger partial charge in [-0.15, -0.1) is 5.10 Å². The quantitative estimate of drug-likeness (QED) is 0.609. The van der Waals surface area contributed by atoms with Gasteiger partial charge in [0.1, 0.15) is 6.33 Å². The summed E-state index contributed by atoms with van der Waals surface area (Å²) in [5.41, 5.74) is 2.94. The molecule has 3 aromatic heterocycles. The number of rotatable bonds is 2. The molecule has 0 unspecified atom stereocenters. The third-order valence-corrected chi connectivity index (χ3v) is 4.15. The van der Waals surface area contributed by atoms with Crippen LogP contribution in [0.3, 0.4) is 0 Å². The number of aromatic amines is 1. The molecule has 6 nitrogen and oxygen atoms in total. The van der Waals surface area contributed by atoms with Crippen LogP contribution < -0.4 is 0 Å². The Labute approximate surface area is 119 Å². The highest BCUT2D eigenvalue weighted by Gasteiger charge is 2.42. The van der Waals surface area contributed by atoms with E-state index < -0.39 is 0 Å². The highest BCUT2D eigenvalue weighted by Crippen LogP contribution is 2.53. The first-order valence-electron chi connectivity index (χ1n) is 6.99. The Kier molecular flexibility index (Phi) is 2.02. The molecule has 0 radical (unpaired) electrons. The second-order valence-corrected chi connectivity index (χ2v) is 5.47. The van der Waals surface area contributed by atoms with Crippen LogP contribution in [0.4, 0.5) is 0 Å². The average molecular weight is 276 g/mol. The maximum absolute atomic E-state index is 4.70. The van der Waals surface area contributed by atoms with Crippen LogP contribution in [0.25, 0.3) is 16.7 Å². The molecule has 21 heavy (non-hydrogen) atoms. The predicted molar refractivity (Wildman–Crippen MR) is 77.0 cm³/mol. The Bertz CT molecular complexity index is 939. The van der Waals surface area contributed by atoms with Crippen LogP contribution in [0.1, 0.15) is 29.6 Å². The summed E-state index contributed by atoms with van der Waals surface area (Å²) in [6.07, 6.45) is 4.55. The first-order valence-corrected chi connectivity index (χ1v) is 6.99. The zero-order valence-electron chi connectivity index (χ0n) is 11.1. The first-order chi connectivity index (χ1) is 10.4.